The Morgan fingerprint density at radius 2 is 2.18 bits per heavy atom. The third kappa shape index (κ3) is 1.60. The molecule has 1 aromatic rings. The Kier molecular flexibility index (Phi) is 2.29. The molecule has 3 heteroatoms. The molecule has 0 amide bonds. The number of rotatable bonds is 1. The van der Waals surface area contributed by atoms with Crippen LogP contribution in [-0.2, 0) is 0 Å². The Labute approximate surface area is 74.1 Å². The molecule has 0 fully saturated rings. The van der Waals surface area contributed by atoms with Gasteiger partial charge in [-0.2, -0.15) is 0 Å². The van der Waals surface area contributed by atoms with Crippen LogP contribution >= 0.6 is 15.9 Å². The van der Waals surface area contributed by atoms with Gasteiger partial charge in [0, 0.05) is 10.0 Å². The van der Waals surface area contributed by atoms with E-state index in [1.807, 2.05) is 25.1 Å². The van der Waals surface area contributed by atoms with Crippen molar-refractivity contribution < 1.29 is 0 Å². The van der Waals surface area contributed by atoms with Crippen LogP contribution in [0.25, 0.3) is 0 Å². The standard InChI is InChI=1S/C8H9BrN2/c1-5-3-2-4-6(7(5)9)8(10)11/h2-4H,1H3,(H3,10,11). The van der Waals surface area contributed by atoms with Gasteiger partial charge >= 0.3 is 0 Å². The van der Waals surface area contributed by atoms with Crippen LogP contribution in [0.2, 0.25) is 0 Å². The van der Waals surface area contributed by atoms with Gasteiger partial charge in [-0.1, -0.05) is 18.2 Å². The van der Waals surface area contributed by atoms with Gasteiger partial charge in [0.2, 0.25) is 0 Å². The molecule has 0 saturated carbocycles. The first kappa shape index (κ1) is 8.27. The second-order valence-corrected chi connectivity index (χ2v) is 3.14. The maximum absolute atomic E-state index is 7.22. The van der Waals surface area contributed by atoms with E-state index >= 15 is 0 Å². The molecule has 2 nitrogen and oxygen atoms in total. The lowest BCUT2D eigenvalue weighted by Gasteiger charge is -2.03. The number of amidine groups is 1. The van der Waals surface area contributed by atoms with Gasteiger partial charge in [-0.3, -0.25) is 5.41 Å². The Bertz CT molecular complexity index is 294. The summed E-state index contributed by atoms with van der Waals surface area (Å²) in [7, 11) is 0. The number of hydrogen-bond donors (Lipinski definition) is 2. The van der Waals surface area contributed by atoms with Gasteiger partial charge in [0.1, 0.15) is 5.84 Å². The SMILES string of the molecule is Cc1cccc(C(=N)N)c1Br. The number of nitrogens with one attached hydrogen (secondary N) is 1. The average Bonchev–Trinajstić information content (AvgIpc) is 1.94. The Hall–Kier alpha value is -0.830. The van der Waals surface area contributed by atoms with Crippen LogP contribution in [0, 0.1) is 12.3 Å². The van der Waals surface area contributed by atoms with Crippen molar-refractivity contribution in [3.8, 4) is 0 Å². The summed E-state index contributed by atoms with van der Waals surface area (Å²) in [5, 5.41) is 7.22. The molecule has 3 N–H and O–H groups in total. The topological polar surface area (TPSA) is 49.9 Å². The molecule has 58 valence electrons. The lowest BCUT2D eigenvalue weighted by Crippen LogP contribution is -2.11. The number of hydrogen-bond acceptors (Lipinski definition) is 1. The summed E-state index contributed by atoms with van der Waals surface area (Å²) in [5.41, 5.74) is 7.19. The molecule has 0 aromatic heterocycles. The minimum absolute atomic E-state index is 0.0978. The van der Waals surface area contributed by atoms with Crippen molar-refractivity contribution in [3.05, 3.63) is 33.8 Å². The minimum atomic E-state index is 0.0978. The van der Waals surface area contributed by atoms with E-state index in [4.69, 9.17) is 11.1 Å². The number of halogens is 1. The smallest absolute Gasteiger partial charge is 0.123 e. The van der Waals surface area contributed by atoms with E-state index in [0.717, 1.165) is 15.6 Å². The van der Waals surface area contributed by atoms with Crippen LogP contribution in [0.15, 0.2) is 22.7 Å². The molecule has 0 atom stereocenters. The lowest BCUT2D eigenvalue weighted by molar-refractivity contribution is 1.36. The van der Waals surface area contributed by atoms with Gasteiger partial charge in [-0.05, 0) is 28.4 Å². The van der Waals surface area contributed by atoms with Crippen molar-refractivity contribution in [1.29, 1.82) is 5.41 Å². The predicted molar refractivity (Wildman–Crippen MR) is 49.9 cm³/mol. The summed E-state index contributed by atoms with van der Waals surface area (Å²) in [4.78, 5) is 0. The summed E-state index contributed by atoms with van der Waals surface area (Å²) in [6, 6.07) is 5.67. The second-order valence-electron chi connectivity index (χ2n) is 2.35. The van der Waals surface area contributed by atoms with E-state index in [-0.39, 0.29) is 5.84 Å². The fourth-order valence-corrected chi connectivity index (χ4v) is 1.33. The maximum Gasteiger partial charge on any atom is 0.123 e. The van der Waals surface area contributed by atoms with E-state index in [1.54, 1.807) is 0 Å². The fourth-order valence-electron chi connectivity index (χ4n) is 0.855. The van der Waals surface area contributed by atoms with E-state index < -0.39 is 0 Å². The highest BCUT2D eigenvalue weighted by Gasteiger charge is 2.03. The molecule has 0 spiro atoms. The zero-order chi connectivity index (χ0) is 8.43. The Morgan fingerprint density at radius 3 is 2.64 bits per heavy atom. The molecule has 11 heavy (non-hydrogen) atoms. The van der Waals surface area contributed by atoms with E-state index in [2.05, 4.69) is 15.9 Å². The monoisotopic (exact) mass is 212 g/mol. The summed E-state index contributed by atoms with van der Waals surface area (Å²) < 4.78 is 0.910. The molecular weight excluding hydrogens is 204 g/mol. The quantitative estimate of drug-likeness (QED) is 0.544. The largest absolute Gasteiger partial charge is 0.384 e. The van der Waals surface area contributed by atoms with Gasteiger partial charge in [0.25, 0.3) is 0 Å². The third-order valence-corrected chi connectivity index (χ3v) is 2.53. The summed E-state index contributed by atoms with van der Waals surface area (Å²) in [5.74, 6) is 0.0978. The molecule has 0 heterocycles. The van der Waals surface area contributed by atoms with Crippen LogP contribution in [0.5, 0.6) is 0 Å². The van der Waals surface area contributed by atoms with Crippen LogP contribution in [-0.4, -0.2) is 5.84 Å². The van der Waals surface area contributed by atoms with Crippen molar-refractivity contribution >= 4 is 21.8 Å². The number of nitrogens with two attached hydrogens (primary N) is 1. The van der Waals surface area contributed by atoms with Gasteiger partial charge in [0.15, 0.2) is 0 Å². The summed E-state index contributed by atoms with van der Waals surface area (Å²) in [6.45, 7) is 1.97. The highest BCUT2D eigenvalue weighted by atomic mass is 79.9. The van der Waals surface area contributed by atoms with Crippen LogP contribution in [0.4, 0.5) is 0 Å². The molecule has 0 aliphatic heterocycles. The second kappa shape index (κ2) is 3.05. The first-order valence-electron chi connectivity index (χ1n) is 3.22. The maximum atomic E-state index is 7.22. The highest BCUT2D eigenvalue weighted by Crippen LogP contribution is 2.19. The minimum Gasteiger partial charge on any atom is -0.384 e. The molecule has 0 radical (unpaired) electrons. The summed E-state index contributed by atoms with van der Waals surface area (Å²) in [6.07, 6.45) is 0. The van der Waals surface area contributed by atoms with E-state index in [1.165, 1.54) is 0 Å². The zero-order valence-corrected chi connectivity index (χ0v) is 7.77. The third-order valence-electron chi connectivity index (χ3n) is 1.48. The van der Waals surface area contributed by atoms with Crippen LogP contribution in [0.3, 0.4) is 0 Å². The zero-order valence-electron chi connectivity index (χ0n) is 6.19. The first-order valence-corrected chi connectivity index (χ1v) is 4.01. The Balaban J connectivity index is 3.27. The number of aryl methyl sites for hydroxylation is 1. The molecule has 0 aliphatic carbocycles. The first-order chi connectivity index (χ1) is 5.13. The predicted octanol–water partition coefficient (Wildman–Crippen LogP) is 2.04. The van der Waals surface area contributed by atoms with Gasteiger partial charge in [-0.25, -0.2) is 0 Å². The summed E-state index contributed by atoms with van der Waals surface area (Å²) >= 11 is 3.36. The van der Waals surface area contributed by atoms with Crippen molar-refractivity contribution in [1.82, 2.24) is 0 Å². The molecule has 0 saturated heterocycles. The van der Waals surface area contributed by atoms with Crippen molar-refractivity contribution in [2.75, 3.05) is 0 Å². The number of nitrogen functional groups attached to an aromatic ring is 1. The van der Waals surface area contributed by atoms with Crippen molar-refractivity contribution in [3.63, 3.8) is 0 Å². The van der Waals surface area contributed by atoms with Crippen molar-refractivity contribution in [2.24, 2.45) is 5.73 Å². The molecular formula is C8H9BrN2. The van der Waals surface area contributed by atoms with Crippen LogP contribution < -0.4 is 5.73 Å². The Morgan fingerprint density at radius 1 is 1.55 bits per heavy atom. The van der Waals surface area contributed by atoms with Gasteiger partial charge in [-0.15, -0.1) is 0 Å². The van der Waals surface area contributed by atoms with E-state index in [9.17, 15) is 0 Å². The fraction of sp³-hybridized carbons (Fsp3) is 0.125. The molecule has 0 bridgehead atoms. The van der Waals surface area contributed by atoms with Crippen LogP contribution in [0.1, 0.15) is 11.1 Å². The lowest BCUT2D eigenvalue weighted by atomic mass is 10.1. The van der Waals surface area contributed by atoms with Gasteiger partial charge in [0.05, 0.1) is 0 Å². The average molecular weight is 213 g/mol. The molecule has 0 aliphatic rings. The molecule has 0 unspecified atom stereocenters. The van der Waals surface area contributed by atoms with E-state index in [0.29, 0.717) is 0 Å². The molecule has 1 rings (SSSR count). The molecule has 1 aromatic carbocycles. The highest BCUT2D eigenvalue weighted by molar-refractivity contribution is 9.10. The van der Waals surface area contributed by atoms with Crippen molar-refractivity contribution in [2.45, 2.75) is 6.92 Å². The number of benzene rings is 1. The van der Waals surface area contributed by atoms with Gasteiger partial charge < -0.3 is 5.73 Å². The normalized spacial score (nSPS) is 9.64.